The number of rotatable bonds is 5. The fourth-order valence-corrected chi connectivity index (χ4v) is 4.67. The molecule has 2 unspecified atom stereocenters. The molecular formula is C23H25N7O4. The summed E-state index contributed by atoms with van der Waals surface area (Å²) in [5.74, 6) is 0.334. The van der Waals surface area contributed by atoms with Crippen molar-refractivity contribution >= 4 is 28.4 Å². The van der Waals surface area contributed by atoms with Gasteiger partial charge in [-0.1, -0.05) is 0 Å². The van der Waals surface area contributed by atoms with Crippen LogP contribution < -0.4 is 10.6 Å². The van der Waals surface area contributed by atoms with Crippen LogP contribution in [0.4, 0.5) is 5.82 Å². The summed E-state index contributed by atoms with van der Waals surface area (Å²) < 4.78 is 14.6. The topological polar surface area (TPSA) is 128 Å². The normalized spacial score (nSPS) is 22.6. The Bertz CT molecular complexity index is 1370. The Balaban J connectivity index is 1.46. The number of nitrogens with zero attached hydrogens (tertiary/aromatic N) is 5. The van der Waals surface area contributed by atoms with Crippen LogP contribution in [0.25, 0.3) is 27.9 Å². The molecule has 0 aliphatic carbocycles. The van der Waals surface area contributed by atoms with Gasteiger partial charge >= 0.3 is 0 Å². The van der Waals surface area contributed by atoms with Crippen LogP contribution in [0, 0.1) is 0 Å². The Kier molecular flexibility index (Phi) is 5.16. The molecule has 2 aliphatic heterocycles. The number of amides is 1. The molecule has 11 heteroatoms. The van der Waals surface area contributed by atoms with E-state index in [0.717, 1.165) is 29.6 Å². The smallest absolute Gasteiger partial charge is 0.257 e. The summed E-state index contributed by atoms with van der Waals surface area (Å²) in [4.78, 5) is 22.5. The van der Waals surface area contributed by atoms with Crippen molar-refractivity contribution in [2.45, 2.75) is 24.6 Å². The van der Waals surface area contributed by atoms with Gasteiger partial charge in [-0.2, -0.15) is 9.61 Å². The summed E-state index contributed by atoms with van der Waals surface area (Å²) in [7, 11) is 1.80. The third-order valence-electron chi connectivity index (χ3n) is 6.50. The minimum absolute atomic E-state index is 0.205. The zero-order chi connectivity index (χ0) is 23.2. The molecule has 0 saturated carbocycles. The summed E-state index contributed by atoms with van der Waals surface area (Å²) in [5, 5.41) is 21.3. The lowest BCUT2D eigenvalue weighted by Crippen LogP contribution is -2.42. The number of hydrogen-bond donors (Lipinski definition) is 3. The summed E-state index contributed by atoms with van der Waals surface area (Å²) in [5.41, 5.74) is 3.24. The minimum Gasteiger partial charge on any atom is -0.388 e. The lowest BCUT2D eigenvalue weighted by molar-refractivity contribution is 0.0888. The van der Waals surface area contributed by atoms with E-state index < -0.39 is 12.1 Å². The molecule has 2 aliphatic rings. The Labute approximate surface area is 194 Å². The van der Waals surface area contributed by atoms with E-state index in [-0.39, 0.29) is 25.2 Å². The zero-order valence-corrected chi connectivity index (χ0v) is 18.6. The van der Waals surface area contributed by atoms with E-state index in [1.807, 2.05) is 18.2 Å². The monoisotopic (exact) mass is 463 g/mol. The molecule has 6 rings (SSSR count). The van der Waals surface area contributed by atoms with Crippen molar-refractivity contribution in [2.24, 2.45) is 0 Å². The van der Waals surface area contributed by atoms with Crippen LogP contribution in [0.5, 0.6) is 0 Å². The van der Waals surface area contributed by atoms with Gasteiger partial charge in [-0.15, -0.1) is 0 Å². The molecule has 1 amide bonds. The molecule has 0 radical (unpaired) electrons. The zero-order valence-electron chi connectivity index (χ0n) is 18.6. The molecule has 0 spiro atoms. The molecular weight excluding hydrogens is 438 g/mol. The number of hydrogen-bond acceptors (Lipinski definition) is 8. The molecule has 176 valence electrons. The number of carbonyl (C=O) groups excluding carboxylic acids is 1. The van der Waals surface area contributed by atoms with E-state index >= 15 is 0 Å². The van der Waals surface area contributed by atoms with Gasteiger partial charge in [0.1, 0.15) is 17.0 Å². The third-order valence-corrected chi connectivity index (χ3v) is 6.50. The molecule has 34 heavy (non-hydrogen) atoms. The average Bonchev–Trinajstić information content (AvgIpc) is 3.64. The van der Waals surface area contributed by atoms with Crippen LogP contribution in [-0.2, 0) is 9.47 Å². The number of aromatic nitrogens is 5. The van der Waals surface area contributed by atoms with E-state index in [1.165, 1.54) is 6.20 Å². The average molecular weight is 463 g/mol. The molecule has 0 aromatic carbocycles. The largest absolute Gasteiger partial charge is 0.388 e. The maximum Gasteiger partial charge on any atom is 0.257 e. The molecule has 11 nitrogen and oxygen atoms in total. The number of ether oxygens (including phenoxy) is 2. The van der Waals surface area contributed by atoms with Crippen molar-refractivity contribution in [2.75, 3.05) is 38.8 Å². The molecule has 3 N–H and O–H groups in total. The lowest BCUT2D eigenvalue weighted by Gasteiger charge is -2.14. The van der Waals surface area contributed by atoms with Crippen LogP contribution in [0.15, 0.2) is 36.8 Å². The van der Waals surface area contributed by atoms with E-state index in [4.69, 9.17) is 14.5 Å². The molecule has 2 fully saturated rings. The fourth-order valence-electron chi connectivity index (χ4n) is 4.67. The van der Waals surface area contributed by atoms with Crippen LogP contribution >= 0.6 is 0 Å². The second-order valence-electron chi connectivity index (χ2n) is 8.60. The quantitative estimate of drug-likeness (QED) is 0.403. The first-order valence-electron chi connectivity index (χ1n) is 11.3. The standard InChI is InChI=1S/C23H25N7O4/c1-24-20-7-17(16-9-29(13-4-6-33-10-13)21-14(16)3-2-5-25-21)27-22-15(8-26-30(20)22)23(32)28-18-11-34-12-19(18)31/h2-3,5,7-9,13,18-19,24,31H,4,6,10-12H2,1H3,(H,28,32)/t13-,18?,19?/m0/s1. The lowest BCUT2D eigenvalue weighted by atomic mass is 10.1. The van der Waals surface area contributed by atoms with Gasteiger partial charge in [0.15, 0.2) is 5.65 Å². The first kappa shape index (κ1) is 21.0. The highest BCUT2D eigenvalue weighted by Crippen LogP contribution is 2.34. The number of pyridine rings is 1. The Morgan fingerprint density at radius 3 is 2.91 bits per heavy atom. The van der Waals surface area contributed by atoms with Crippen LogP contribution in [0.3, 0.4) is 0 Å². The highest BCUT2D eigenvalue weighted by atomic mass is 16.5. The van der Waals surface area contributed by atoms with Gasteiger partial charge in [0, 0.05) is 43.1 Å². The maximum atomic E-state index is 13.0. The molecule has 0 bridgehead atoms. The number of aliphatic hydroxyl groups excluding tert-OH is 1. The summed E-state index contributed by atoms with van der Waals surface area (Å²) in [6.45, 7) is 1.85. The van der Waals surface area contributed by atoms with Crippen LogP contribution in [0.2, 0.25) is 0 Å². The van der Waals surface area contributed by atoms with Crippen molar-refractivity contribution in [1.82, 2.24) is 29.5 Å². The van der Waals surface area contributed by atoms with Gasteiger partial charge in [0.25, 0.3) is 5.91 Å². The van der Waals surface area contributed by atoms with Crippen molar-refractivity contribution in [3.05, 3.63) is 42.4 Å². The number of fused-ring (bicyclic) bond motifs is 2. The number of anilines is 1. The van der Waals surface area contributed by atoms with E-state index in [0.29, 0.717) is 29.3 Å². The highest BCUT2D eigenvalue weighted by Gasteiger charge is 2.29. The van der Waals surface area contributed by atoms with Gasteiger partial charge in [0.05, 0.1) is 49.9 Å². The maximum absolute atomic E-state index is 13.0. The summed E-state index contributed by atoms with van der Waals surface area (Å²) in [6.07, 6.45) is 5.54. The van der Waals surface area contributed by atoms with Crippen molar-refractivity contribution in [1.29, 1.82) is 0 Å². The number of carbonyl (C=O) groups is 1. The number of aliphatic hydroxyl groups is 1. The molecule has 4 aromatic rings. The molecule has 3 atom stereocenters. The summed E-state index contributed by atoms with van der Waals surface area (Å²) >= 11 is 0. The van der Waals surface area contributed by atoms with Crippen molar-refractivity contribution in [3.8, 4) is 11.3 Å². The van der Waals surface area contributed by atoms with E-state index in [9.17, 15) is 9.90 Å². The SMILES string of the molecule is CNc1cc(-c2cn([C@H]3CCOC3)c3ncccc23)nc2c(C(=O)NC3COCC3O)cnn12. The summed E-state index contributed by atoms with van der Waals surface area (Å²) in [6, 6.07) is 5.60. The Morgan fingerprint density at radius 2 is 2.15 bits per heavy atom. The van der Waals surface area contributed by atoms with E-state index in [2.05, 4.69) is 31.5 Å². The Hall–Kier alpha value is -3.54. The predicted octanol–water partition coefficient (Wildman–Crippen LogP) is 1.24. The van der Waals surface area contributed by atoms with Gasteiger partial charge in [-0.25, -0.2) is 9.97 Å². The second-order valence-corrected chi connectivity index (χ2v) is 8.60. The second kappa shape index (κ2) is 8.35. The molecule has 4 aromatic heterocycles. The van der Waals surface area contributed by atoms with Crippen LogP contribution in [0.1, 0.15) is 22.8 Å². The third kappa shape index (κ3) is 3.40. The first-order valence-corrected chi connectivity index (χ1v) is 11.3. The number of nitrogens with one attached hydrogen (secondary N) is 2. The van der Waals surface area contributed by atoms with Gasteiger partial charge in [0.2, 0.25) is 0 Å². The van der Waals surface area contributed by atoms with Gasteiger partial charge in [-0.3, -0.25) is 4.79 Å². The highest BCUT2D eigenvalue weighted by molar-refractivity contribution is 6.01. The first-order chi connectivity index (χ1) is 16.6. The predicted molar refractivity (Wildman–Crippen MR) is 124 cm³/mol. The minimum atomic E-state index is -0.736. The van der Waals surface area contributed by atoms with Gasteiger partial charge < -0.3 is 29.8 Å². The fraction of sp³-hybridized carbons (Fsp3) is 0.391. The Morgan fingerprint density at radius 1 is 1.24 bits per heavy atom. The van der Waals surface area contributed by atoms with Crippen LogP contribution in [-0.4, -0.2) is 80.8 Å². The van der Waals surface area contributed by atoms with Gasteiger partial charge in [-0.05, 0) is 18.6 Å². The van der Waals surface area contributed by atoms with E-state index in [1.54, 1.807) is 17.8 Å². The van der Waals surface area contributed by atoms with Crippen molar-refractivity contribution < 1.29 is 19.4 Å². The molecule has 6 heterocycles. The van der Waals surface area contributed by atoms with Crippen molar-refractivity contribution in [3.63, 3.8) is 0 Å². The molecule has 2 saturated heterocycles.